The zero-order valence-corrected chi connectivity index (χ0v) is 31.8. The molecule has 268 valence electrons. The van der Waals surface area contributed by atoms with Crippen LogP contribution in [-0.4, -0.2) is 0 Å². The first kappa shape index (κ1) is 32.7. The van der Waals surface area contributed by atoms with Crippen LogP contribution in [0.4, 0.5) is 0 Å². The number of hydrogen-bond acceptors (Lipinski definition) is 0. The second-order valence-electron chi connectivity index (χ2n) is 15.5. The first-order valence-electron chi connectivity index (χ1n) is 20.2. The van der Waals surface area contributed by atoms with E-state index >= 15 is 0 Å². The third-order valence-corrected chi connectivity index (χ3v) is 12.4. The van der Waals surface area contributed by atoms with Crippen molar-refractivity contribution in [2.24, 2.45) is 0 Å². The van der Waals surface area contributed by atoms with E-state index in [2.05, 4.69) is 218 Å². The minimum atomic E-state index is 1.21. The molecule has 0 radical (unpaired) electrons. The van der Waals surface area contributed by atoms with Crippen LogP contribution in [0.2, 0.25) is 0 Å². The molecule has 0 aliphatic carbocycles. The molecular formula is C58H36. The normalized spacial score (nSPS) is 11.8. The fourth-order valence-electron chi connectivity index (χ4n) is 9.86. The third-order valence-electron chi connectivity index (χ3n) is 12.4. The average molecular weight is 733 g/mol. The Labute approximate surface area is 336 Å². The molecule has 0 N–H and O–H groups in total. The highest BCUT2D eigenvalue weighted by molar-refractivity contribution is 6.35. The Morgan fingerprint density at radius 3 is 0.914 bits per heavy atom. The molecule has 12 rings (SSSR count). The van der Waals surface area contributed by atoms with E-state index in [0.717, 1.165) is 0 Å². The molecule has 0 saturated heterocycles. The maximum atomic E-state index is 2.41. The zero-order valence-electron chi connectivity index (χ0n) is 31.8. The predicted octanol–water partition coefficient (Wildman–Crippen LogP) is 16.4. The minimum Gasteiger partial charge on any atom is -0.0616 e. The highest BCUT2D eigenvalue weighted by atomic mass is 14.3. The van der Waals surface area contributed by atoms with Crippen molar-refractivity contribution < 1.29 is 0 Å². The van der Waals surface area contributed by atoms with E-state index < -0.39 is 0 Å². The van der Waals surface area contributed by atoms with Gasteiger partial charge in [-0.2, -0.15) is 0 Å². The lowest BCUT2D eigenvalue weighted by Crippen LogP contribution is -1.98. The summed E-state index contributed by atoms with van der Waals surface area (Å²) in [6.45, 7) is 0. The lowest BCUT2D eigenvalue weighted by atomic mass is 9.76. The van der Waals surface area contributed by atoms with Gasteiger partial charge in [-0.05, 0) is 132 Å². The Morgan fingerprint density at radius 1 is 0.190 bits per heavy atom. The van der Waals surface area contributed by atoms with E-state index in [1.807, 2.05) is 0 Å². The Morgan fingerprint density at radius 2 is 0.500 bits per heavy atom. The van der Waals surface area contributed by atoms with Crippen LogP contribution < -0.4 is 0 Å². The van der Waals surface area contributed by atoms with E-state index in [0.29, 0.717) is 0 Å². The van der Waals surface area contributed by atoms with Gasteiger partial charge >= 0.3 is 0 Å². The maximum Gasteiger partial charge on any atom is -0.000116 e. The van der Waals surface area contributed by atoms with Gasteiger partial charge in [0.15, 0.2) is 0 Å². The zero-order chi connectivity index (χ0) is 38.2. The molecular weight excluding hydrogens is 697 g/mol. The predicted molar refractivity (Wildman–Crippen MR) is 251 cm³/mol. The highest BCUT2D eigenvalue weighted by Crippen LogP contribution is 2.55. The largest absolute Gasteiger partial charge is 0.0616 e. The molecule has 0 aromatic heterocycles. The second-order valence-corrected chi connectivity index (χ2v) is 15.5. The van der Waals surface area contributed by atoms with E-state index in [9.17, 15) is 0 Å². The van der Waals surface area contributed by atoms with Crippen molar-refractivity contribution in [3.8, 4) is 44.5 Å². The summed E-state index contributed by atoms with van der Waals surface area (Å²) in [5.74, 6) is 0. The van der Waals surface area contributed by atoms with Gasteiger partial charge in [0.05, 0.1) is 0 Å². The summed E-state index contributed by atoms with van der Waals surface area (Å²) in [6.07, 6.45) is 0. The van der Waals surface area contributed by atoms with Gasteiger partial charge < -0.3 is 0 Å². The number of benzene rings is 12. The molecule has 0 aliphatic rings. The first-order chi connectivity index (χ1) is 28.8. The van der Waals surface area contributed by atoms with E-state index in [-0.39, 0.29) is 0 Å². The van der Waals surface area contributed by atoms with Crippen LogP contribution in [0, 0.1) is 0 Å². The fraction of sp³-hybridized carbons (Fsp3) is 0. The van der Waals surface area contributed by atoms with Crippen molar-refractivity contribution in [3.05, 3.63) is 218 Å². The maximum absolute atomic E-state index is 2.41. The molecule has 0 fully saturated rings. The minimum absolute atomic E-state index is 1.21. The van der Waals surface area contributed by atoms with E-state index in [4.69, 9.17) is 0 Å². The summed E-state index contributed by atoms with van der Waals surface area (Å²) in [5.41, 5.74) is 9.96. The fourth-order valence-corrected chi connectivity index (χ4v) is 9.86. The Hall–Kier alpha value is -7.54. The smallest absolute Gasteiger partial charge is 0.000116 e. The molecule has 0 saturated carbocycles. The second kappa shape index (κ2) is 13.0. The monoisotopic (exact) mass is 732 g/mol. The average Bonchev–Trinajstić information content (AvgIpc) is 3.29. The summed E-state index contributed by atoms with van der Waals surface area (Å²) in [7, 11) is 0. The molecule has 0 bridgehead atoms. The molecule has 0 nitrogen and oxygen atoms in total. The van der Waals surface area contributed by atoms with Crippen molar-refractivity contribution in [2.75, 3.05) is 0 Å². The van der Waals surface area contributed by atoms with Crippen molar-refractivity contribution in [2.45, 2.75) is 0 Å². The molecule has 0 heteroatoms. The molecule has 0 amide bonds. The lowest BCUT2D eigenvalue weighted by Gasteiger charge is -2.26. The topological polar surface area (TPSA) is 0 Å². The molecule has 12 aromatic rings. The summed E-state index contributed by atoms with van der Waals surface area (Å²) in [5, 5.41) is 17.4. The summed E-state index contributed by atoms with van der Waals surface area (Å²) < 4.78 is 0. The quantitative estimate of drug-likeness (QED) is 0.158. The van der Waals surface area contributed by atoms with Crippen molar-refractivity contribution in [1.82, 2.24) is 0 Å². The highest BCUT2D eigenvalue weighted by Gasteiger charge is 2.27. The Bertz CT molecular complexity index is 3370. The molecule has 0 atom stereocenters. The van der Waals surface area contributed by atoms with Crippen LogP contribution in [0.25, 0.3) is 120 Å². The van der Waals surface area contributed by atoms with Crippen molar-refractivity contribution in [1.29, 1.82) is 0 Å². The van der Waals surface area contributed by atoms with Crippen molar-refractivity contribution >= 4 is 75.4 Å². The number of hydrogen-bond donors (Lipinski definition) is 0. The van der Waals surface area contributed by atoms with Crippen LogP contribution in [0.1, 0.15) is 0 Å². The molecule has 0 spiro atoms. The molecule has 0 unspecified atom stereocenters. The van der Waals surface area contributed by atoms with E-state index in [1.165, 1.54) is 120 Å². The van der Waals surface area contributed by atoms with Crippen LogP contribution in [0.5, 0.6) is 0 Å². The van der Waals surface area contributed by atoms with Crippen LogP contribution >= 0.6 is 0 Å². The SMILES string of the molecule is c1ccc2cc(-c3c4ccccc4c(-c4cccc5ccccc45)c4c(-c5ccc6ccccc6c5)c5ccccc5c(-c5cccc6ccccc56)c34)ccc2c1. The Kier molecular flexibility index (Phi) is 7.33. The van der Waals surface area contributed by atoms with Gasteiger partial charge in [-0.15, -0.1) is 0 Å². The molecule has 0 heterocycles. The molecule has 12 aromatic carbocycles. The van der Waals surface area contributed by atoms with Gasteiger partial charge in [-0.25, -0.2) is 0 Å². The van der Waals surface area contributed by atoms with Gasteiger partial charge in [0, 0.05) is 0 Å². The third kappa shape index (κ3) is 4.95. The van der Waals surface area contributed by atoms with Crippen LogP contribution in [0.15, 0.2) is 218 Å². The van der Waals surface area contributed by atoms with Gasteiger partial charge in [-0.3, -0.25) is 0 Å². The number of rotatable bonds is 4. The van der Waals surface area contributed by atoms with Gasteiger partial charge in [0.25, 0.3) is 0 Å². The van der Waals surface area contributed by atoms with Crippen LogP contribution in [-0.2, 0) is 0 Å². The summed E-state index contributed by atoms with van der Waals surface area (Å²) in [4.78, 5) is 0. The van der Waals surface area contributed by atoms with Crippen molar-refractivity contribution in [3.63, 3.8) is 0 Å². The summed E-state index contributed by atoms with van der Waals surface area (Å²) in [6, 6.07) is 81.3. The number of fused-ring (bicyclic) bond motifs is 7. The molecule has 0 aliphatic heterocycles. The van der Waals surface area contributed by atoms with Gasteiger partial charge in [0.2, 0.25) is 0 Å². The Balaban J connectivity index is 1.42. The summed E-state index contributed by atoms with van der Waals surface area (Å²) >= 11 is 0. The van der Waals surface area contributed by atoms with Gasteiger partial charge in [0.1, 0.15) is 0 Å². The van der Waals surface area contributed by atoms with E-state index in [1.54, 1.807) is 0 Å². The first-order valence-corrected chi connectivity index (χ1v) is 20.2. The van der Waals surface area contributed by atoms with Crippen LogP contribution in [0.3, 0.4) is 0 Å². The lowest BCUT2D eigenvalue weighted by molar-refractivity contribution is 1.66. The van der Waals surface area contributed by atoms with Gasteiger partial charge in [-0.1, -0.05) is 206 Å². The molecule has 58 heavy (non-hydrogen) atoms. The standard InChI is InChI=1S/C58H36/c1-3-19-41-35-43(33-31-37(41)15-1)53-49-25-9-11-27-51(49)56(48-30-14-22-40-18-6-8-24-46(40)48)58-54(44-34-32-38-16-2-4-20-42(38)36-44)50-26-10-12-28-52(50)55(57(53)58)47-29-13-21-39-17-5-7-23-45(39)47/h1-36H.